The number of anilines is 1. The van der Waals surface area contributed by atoms with Crippen molar-refractivity contribution >= 4 is 29.0 Å². The molecular formula is C14H16ClNO3. The second-order valence-corrected chi connectivity index (χ2v) is 5.09. The maximum atomic E-state index is 12.1. The van der Waals surface area contributed by atoms with Crippen LogP contribution in [-0.2, 0) is 4.79 Å². The van der Waals surface area contributed by atoms with Gasteiger partial charge in [0.05, 0.1) is 11.3 Å². The molecule has 1 atom stereocenters. The monoisotopic (exact) mass is 281 g/mol. The summed E-state index contributed by atoms with van der Waals surface area (Å²) in [6.45, 7) is 3.44. The molecule has 0 saturated heterocycles. The van der Waals surface area contributed by atoms with Gasteiger partial charge < -0.3 is 9.64 Å². The van der Waals surface area contributed by atoms with Crippen molar-refractivity contribution < 1.29 is 14.3 Å². The average molecular weight is 282 g/mol. The van der Waals surface area contributed by atoms with E-state index >= 15 is 0 Å². The van der Waals surface area contributed by atoms with Crippen LogP contribution >= 0.6 is 11.6 Å². The average Bonchev–Trinajstić information content (AvgIpc) is 2.36. The second-order valence-electron chi connectivity index (χ2n) is 4.65. The molecule has 1 aromatic carbocycles. The summed E-state index contributed by atoms with van der Waals surface area (Å²) in [6, 6.07) is 3.22. The molecule has 0 N–H and O–H groups in total. The molecule has 1 amide bonds. The standard InChI is InChI=1S/C14H16ClNO3/c1-4-5-12-14(18)16(3)11-7-9(15)6-10(8(2)17)13(11)19-12/h6-7,12H,4-5H2,1-3H3. The molecule has 1 aromatic rings. The maximum Gasteiger partial charge on any atom is 0.267 e. The third-order valence-electron chi connectivity index (χ3n) is 3.19. The molecule has 2 rings (SSSR count). The van der Waals surface area contributed by atoms with Gasteiger partial charge in [-0.3, -0.25) is 9.59 Å². The van der Waals surface area contributed by atoms with Crippen LogP contribution in [0.3, 0.4) is 0 Å². The lowest BCUT2D eigenvalue weighted by atomic mass is 10.0. The minimum Gasteiger partial charge on any atom is -0.478 e. The van der Waals surface area contributed by atoms with Crippen molar-refractivity contribution in [1.29, 1.82) is 0 Å². The van der Waals surface area contributed by atoms with E-state index in [4.69, 9.17) is 16.3 Å². The van der Waals surface area contributed by atoms with Crippen LogP contribution in [0.4, 0.5) is 5.69 Å². The molecule has 0 aliphatic carbocycles. The Morgan fingerprint density at radius 1 is 1.47 bits per heavy atom. The van der Waals surface area contributed by atoms with E-state index in [0.29, 0.717) is 28.4 Å². The van der Waals surface area contributed by atoms with Gasteiger partial charge in [0, 0.05) is 12.1 Å². The maximum absolute atomic E-state index is 12.1. The zero-order chi connectivity index (χ0) is 14.2. The molecule has 5 heteroatoms. The molecule has 0 radical (unpaired) electrons. The summed E-state index contributed by atoms with van der Waals surface area (Å²) in [5.74, 6) is 0.223. The van der Waals surface area contributed by atoms with E-state index in [1.54, 1.807) is 19.2 Å². The number of ether oxygens (including phenoxy) is 1. The smallest absolute Gasteiger partial charge is 0.267 e. The summed E-state index contributed by atoms with van der Waals surface area (Å²) in [7, 11) is 1.67. The number of hydrogen-bond donors (Lipinski definition) is 0. The lowest BCUT2D eigenvalue weighted by Crippen LogP contribution is -2.44. The Kier molecular flexibility index (Phi) is 3.80. The lowest BCUT2D eigenvalue weighted by molar-refractivity contribution is -0.126. The Bertz CT molecular complexity index is 542. The quantitative estimate of drug-likeness (QED) is 0.800. The number of carbonyl (C=O) groups is 2. The first-order valence-electron chi connectivity index (χ1n) is 6.24. The van der Waals surface area contributed by atoms with Gasteiger partial charge in [0.1, 0.15) is 0 Å². The van der Waals surface area contributed by atoms with E-state index in [0.717, 1.165) is 6.42 Å². The number of carbonyl (C=O) groups excluding carboxylic acids is 2. The summed E-state index contributed by atoms with van der Waals surface area (Å²) in [5, 5.41) is 0.418. The van der Waals surface area contributed by atoms with Crippen LogP contribution in [-0.4, -0.2) is 24.8 Å². The first-order valence-corrected chi connectivity index (χ1v) is 6.62. The third-order valence-corrected chi connectivity index (χ3v) is 3.41. The Hall–Kier alpha value is -1.55. The third kappa shape index (κ3) is 2.45. The highest BCUT2D eigenvalue weighted by Crippen LogP contribution is 2.39. The van der Waals surface area contributed by atoms with Gasteiger partial charge in [0.15, 0.2) is 17.6 Å². The first kappa shape index (κ1) is 13.9. The van der Waals surface area contributed by atoms with Crippen LogP contribution in [0.25, 0.3) is 0 Å². The number of fused-ring (bicyclic) bond motifs is 1. The molecule has 1 unspecified atom stereocenters. The van der Waals surface area contributed by atoms with E-state index in [9.17, 15) is 9.59 Å². The summed E-state index contributed by atoms with van der Waals surface area (Å²) >= 11 is 5.99. The molecule has 0 bridgehead atoms. The molecule has 1 aliphatic heterocycles. The van der Waals surface area contributed by atoms with Crippen molar-refractivity contribution in [3.8, 4) is 5.75 Å². The van der Waals surface area contributed by atoms with Crippen molar-refractivity contribution in [3.05, 3.63) is 22.7 Å². The second kappa shape index (κ2) is 5.21. The summed E-state index contributed by atoms with van der Waals surface area (Å²) in [6.07, 6.45) is 0.937. The van der Waals surface area contributed by atoms with Crippen molar-refractivity contribution in [2.75, 3.05) is 11.9 Å². The van der Waals surface area contributed by atoms with Crippen LogP contribution in [0.1, 0.15) is 37.0 Å². The van der Waals surface area contributed by atoms with Crippen molar-refractivity contribution in [3.63, 3.8) is 0 Å². The first-order chi connectivity index (χ1) is 8.95. The van der Waals surface area contributed by atoms with Crippen LogP contribution in [0, 0.1) is 0 Å². The normalized spacial score (nSPS) is 18.0. The Balaban J connectivity index is 2.55. The zero-order valence-electron chi connectivity index (χ0n) is 11.2. The highest BCUT2D eigenvalue weighted by atomic mass is 35.5. The molecular weight excluding hydrogens is 266 g/mol. The van der Waals surface area contributed by atoms with Crippen molar-refractivity contribution in [2.24, 2.45) is 0 Å². The van der Waals surface area contributed by atoms with Crippen LogP contribution < -0.4 is 9.64 Å². The van der Waals surface area contributed by atoms with E-state index < -0.39 is 6.10 Å². The molecule has 1 heterocycles. The fourth-order valence-electron chi connectivity index (χ4n) is 2.19. The van der Waals surface area contributed by atoms with E-state index in [1.165, 1.54) is 11.8 Å². The highest BCUT2D eigenvalue weighted by molar-refractivity contribution is 6.31. The SMILES string of the molecule is CCCC1Oc2c(C(C)=O)cc(Cl)cc2N(C)C1=O. The number of ketones is 1. The van der Waals surface area contributed by atoms with Gasteiger partial charge in [-0.25, -0.2) is 0 Å². The molecule has 1 aliphatic rings. The summed E-state index contributed by atoms with van der Waals surface area (Å²) < 4.78 is 5.73. The van der Waals surface area contributed by atoms with Gasteiger partial charge in [0.25, 0.3) is 5.91 Å². The number of nitrogens with zero attached hydrogens (tertiary/aromatic N) is 1. The van der Waals surface area contributed by atoms with E-state index in [2.05, 4.69) is 0 Å². The number of rotatable bonds is 3. The molecule has 102 valence electrons. The van der Waals surface area contributed by atoms with E-state index in [1.807, 2.05) is 6.92 Å². The number of benzene rings is 1. The Morgan fingerprint density at radius 2 is 2.16 bits per heavy atom. The summed E-state index contributed by atoms with van der Waals surface area (Å²) in [5.41, 5.74) is 0.970. The predicted octanol–water partition coefficient (Wildman–Crippen LogP) is 3.07. The number of hydrogen-bond acceptors (Lipinski definition) is 3. The van der Waals surface area contributed by atoms with Crippen molar-refractivity contribution in [1.82, 2.24) is 0 Å². The van der Waals surface area contributed by atoms with Gasteiger partial charge in [-0.15, -0.1) is 0 Å². The van der Waals surface area contributed by atoms with Gasteiger partial charge in [0.2, 0.25) is 0 Å². The van der Waals surface area contributed by atoms with Crippen molar-refractivity contribution in [2.45, 2.75) is 32.8 Å². The largest absolute Gasteiger partial charge is 0.478 e. The van der Waals surface area contributed by atoms with E-state index in [-0.39, 0.29) is 11.7 Å². The van der Waals surface area contributed by atoms with Crippen LogP contribution in [0.15, 0.2) is 12.1 Å². The van der Waals surface area contributed by atoms with Gasteiger partial charge in [-0.05, 0) is 25.5 Å². The van der Waals surface area contributed by atoms with Gasteiger partial charge >= 0.3 is 0 Å². The van der Waals surface area contributed by atoms with Crippen LogP contribution in [0.2, 0.25) is 5.02 Å². The van der Waals surface area contributed by atoms with Crippen LogP contribution in [0.5, 0.6) is 5.75 Å². The topological polar surface area (TPSA) is 46.6 Å². The summed E-state index contributed by atoms with van der Waals surface area (Å²) in [4.78, 5) is 25.3. The van der Waals surface area contributed by atoms with Gasteiger partial charge in [-0.2, -0.15) is 0 Å². The number of amides is 1. The lowest BCUT2D eigenvalue weighted by Gasteiger charge is -2.33. The molecule has 0 aromatic heterocycles. The Labute approximate surface area is 117 Å². The Morgan fingerprint density at radius 3 is 2.74 bits per heavy atom. The highest BCUT2D eigenvalue weighted by Gasteiger charge is 2.34. The molecule has 0 spiro atoms. The molecule has 19 heavy (non-hydrogen) atoms. The zero-order valence-corrected chi connectivity index (χ0v) is 12.0. The fourth-order valence-corrected chi connectivity index (χ4v) is 2.40. The molecule has 0 saturated carbocycles. The number of Topliss-reactive ketones (excluding diaryl/α,β-unsaturated/α-hetero) is 1. The minimum atomic E-state index is -0.526. The molecule has 0 fully saturated rings. The number of likely N-dealkylation sites (N-methyl/N-ethyl adjacent to an activating group) is 1. The fraction of sp³-hybridized carbons (Fsp3) is 0.429. The van der Waals surface area contributed by atoms with Gasteiger partial charge in [-0.1, -0.05) is 24.9 Å². The predicted molar refractivity (Wildman–Crippen MR) is 74.2 cm³/mol. The molecule has 4 nitrogen and oxygen atoms in total. The minimum absolute atomic E-state index is 0.105. The number of halogens is 1.